The highest BCUT2D eigenvalue weighted by Gasteiger charge is 2.30. The molecular formula is C24H36FNO2S. The van der Waals surface area contributed by atoms with Gasteiger partial charge in [-0.05, 0) is 49.7 Å². The van der Waals surface area contributed by atoms with E-state index in [4.69, 9.17) is 12.2 Å². The number of aliphatic hydroxyl groups excluding tert-OH is 1. The lowest BCUT2D eigenvalue weighted by molar-refractivity contribution is -0.128. The van der Waals surface area contributed by atoms with Crippen molar-refractivity contribution < 1.29 is 14.3 Å². The molecule has 1 aromatic carbocycles. The van der Waals surface area contributed by atoms with Gasteiger partial charge in [-0.25, -0.2) is 4.39 Å². The highest BCUT2D eigenvalue weighted by Crippen LogP contribution is 2.21. The number of rotatable bonds is 11. The van der Waals surface area contributed by atoms with Gasteiger partial charge in [0.25, 0.3) is 0 Å². The summed E-state index contributed by atoms with van der Waals surface area (Å²) in [4.78, 5) is 15.4. The molecule has 0 aliphatic rings. The summed E-state index contributed by atoms with van der Waals surface area (Å²) in [6.07, 6.45) is 3.81. The zero-order chi connectivity index (χ0) is 22.1. The first-order valence-electron chi connectivity index (χ1n) is 10.5. The van der Waals surface area contributed by atoms with E-state index in [0.29, 0.717) is 35.2 Å². The van der Waals surface area contributed by atoms with Crippen LogP contribution in [0.1, 0.15) is 59.9 Å². The van der Waals surface area contributed by atoms with Crippen molar-refractivity contribution in [2.75, 3.05) is 6.54 Å². The van der Waals surface area contributed by atoms with Crippen LogP contribution in [0.15, 0.2) is 30.3 Å². The van der Waals surface area contributed by atoms with E-state index in [-0.39, 0.29) is 23.7 Å². The van der Waals surface area contributed by atoms with Crippen molar-refractivity contribution in [3.8, 4) is 0 Å². The maximum Gasteiger partial charge on any atom is 0.247 e. The predicted octanol–water partition coefficient (Wildman–Crippen LogP) is 5.52. The van der Waals surface area contributed by atoms with Crippen molar-refractivity contribution in [2.45, 2.75) is 66.5 Å². The summed E-state index contributed by atoms with van der Waals surface area (Å²) in [5, 5.41) is 10.1. The second kappa shape index (κ2) is 12.2. The van der Waals surface area contributed by atoms with Gasteiger partial charge in [0.05, 0.1) is 12.1 Å². The third-order valence-corrected chi connectivity index (χ3v) is 5.40. The van der Waals surface area contributed by atoms with Gasteiger partial charge in [-0.3, -0.25) is 4.79 Å². The molecule has 0 aliphatic carbocycles. The number of hydrogen-bond donors (Lipinski definition) is 1. The number of thiocarbonyl (C=S) groups is 1. The van der Waals surface area contributed by atoms with Crippen LogP contribution in [0.25, 0.3) is 6.08 Å². The third kappa shape index (κ3) is 8.75. The van der Waals surface area contributed by atoms with Crippen LogP contribution in [0.3, 0.4) is 0 Å². The lowest BCUT2D eigenvalue weighted by Crippen LogP contribution is -2.49. The van der Waals surface area contributed by atoms with Crippen LogP contribution in [0.5, 0.6) is 0 Å². The largest absolute Gasteiger partial charge is 0.388 e. The molecule has 0 aromatic heterocycles. The highest BCUT2D eigenvalue weighted by atomic mass is 32.1. The van der Waals surface area contributed by atoms with E-state index >= 15 is 0 Å². The number of hydrogen-bond acceptors (Lipinski definition) is 3. The minimum absolute atomic E-state index is 0.211. The molecular weight excluding hydrogens is 385 g/mol. The van der Waals surface area contributed by atoms with E-state index in [0.717, 1.165) is 6.42 Å². The van der Waals surface area contributed by atoms with E-state index in [1.165, 1.54) is 18.2 Å². The minimum Gasteiger partial charge on any atom is -0.388 e. The topological polar surface area (TPSA) is 40.5 Å². The van der Waals surface area contributed by atoms with Gasteiger partial charge in [0.2, 0.25) is 5.91 Å². The molecule has 29 heavy (non-hydrogen) atoms. The zero-order valence-electron chi connectivity index (χ0n) is 18.6. The number of nitrogens with zero attached hydrogens (tertiary/aromatic N) is 1. The van der Waals surface area contributed by atoms with Gasteiger partial charge in [-0.15, -0.1) is 0 Å². The Balaban J connectivity index is 3.20. The normalized spacial score (nSPS) is 15.0. The van der Waals surface area contributed by atoms with Gasteiger partial charge in [0.15, 0.2) is 0 Å². The van der Waals surface area contributed by atoms with Crippen LogP contribution < -0.4 is 0 Å². The number of benzene rings is 1. The summed E-state index contributed by atoms with van der Waals surface area (Å²) in [6, 6.07) is 6.03. The Morgan fingerprint density at radius 1 is 1.10 bits per heavy atom. The number of carbonyl (C=O) groups excluding carboxylic acids is 1. The molecule has 1 aromatic rings. The highest BCUT2D eigenvalue weighted by molar-refractivity contribution is 7.80. The fourth-order valence-corrected chi connectivity index (χ4v) is 3.80. The Morgan fingerprint density at radius 3 is 2.21 bits per heavy atom. The first-order valence-corrected chi connectivity index (χ1v) is 10.9. The molecule has 0 spiro atoms. The second-order valence-electron chi connectivity index (χ2n) is 8.80. The van der Waals surface area contributed by atoms with Crippen molar-refractivity contribution >= 4 is 29.1 Å². The molecule has 0 aliphatic heterocycles. The molecule has 3 nitrogen and oxygen atoms in total. The van der Waals surface area contributed by atoms with E-state index in [1.807, 2.05) is 0 Å². The van der Waals surface area contributed by atoms with Gasteiger partial charge >= 0.3 is 0 Å². The summed E-state index contributed by atoms with van der Waals surface area (Å²) in [5.74, 6) is 0.533. The standard InChI is InChI=1S/C24H36FNO2S/c1-16(2)13-18(5)15-26(22(14-17(3)4)24(29)19(6)27)23(28)12-11-20-9-7-8-10-21(20)25/h7-12,16-19,22,27H,13-15H2,1-6H3. The summed E-state index contributed by atoms with van der Waals surface area (Å²) in [6.45, 7) is 12.8. The SMILES string of the molecule is CC(C)CC(C)CN(C(=O)C=Cc1ccccc1F)C(CC(C)C)C(=S)C(C)O. The monoisotopic (exact) mass is 421 g/mol. The quantitative estimate of drug-likeness (QED) is 0.378. The average Bonchev–Trinajstić information content (AvgIpc) is 2.62. The maximum atomic E-state index is 13.9. The Kier molecular flexibility index (Phi) is 10.7. The Morgan fingerprint density at radius 2 is 1.69 bits per heavy atom. The lowest BCUT2D eigenvalue weighted by atomic mass is 9.93. The molecule has 0 heterocycles. The van der Waals surface area contributed by atoms with Crippen LogP contribution in [-0.4, -0.2) is 39.5 Å². The van der Waals surface area contributed by atoms with E-state index < -0.39 is 6.10 Å². The molecule has 0 radical (unpaired) electrons. The van der Waals surface area contributed by atoms with Crippen molar-refractivity contribution in [1.82, 2.24) is 4.90 Å². The molecule has 3 unspecified atom stereocenters. The van der Waals surface area contributed by atoms with Gasteiger partial charge in [-0.2, -0.15) is 0 Å². The smallest absolute Gasteiger partial charge is 0.247 e. The van der Waals surface area contributed by atoms with Crippen LogP contribution in [-0.2, 0) is 4.79 Å². The van der Waals surface area contributed by atoms with Crippen molar-refractivity contribution in [3.05, 3.63) is 41.7 Å². The van der Waals surface area contributed by atoms with Crippen LogP contribution in [0.4, 0.5) is 4.39 Å². The predicted molar refractivity (Wildman–Crippen MR) is 123 cm³/mol. The van der Waals surface area contributed by atoms with Crippen molar-refractivity contribution in [2.24, 2.45) is 17.8 Å². The fourth-order valence-electron chi connectivity index (χ4n) is 3.57. The Bertz CT molecular complexity index is 700. The average molecular weight is 422 g/mol. The Hall–Kier alpha value is -1.59. The van der Waals surface area contributed by atoms with Crippen LogP contribution in [0.2, 0.25) is 0 Å². The summed E-state index contributed by atoms with van der Waals surface area (Å²) < 4.78 is 13.9. The van der Waals surface area contributed by atoms with Crippen LogP contribution in [0, 0.1) is 23.6 Å². The lowest BCUT2D eigenvalue weighted by Gasteiger charge is -2.36. The molecule has 0 saturated carbocycles. The molecule has 0 bridgehead atoms. The molecule has 0 saturated heterocycles. The van der Waals surface area contributed by atoms with Crippen LogP contribution >= 0.6 is 12.2 Å². The second-order valence-corrected chi connectivity index (χ2v) is 9.28. The van der Waals surface area contributed by atoms with Gasteiger partial charge in [0, 0.05) is 23.0 Å². The van der Waals surface area contributed by atoms with E-state index in [2.05, 4.69) is 34.6 Å². The molecule has 0 fully saturated rings. The third-order valence-electron chi connectivity index (χ3n) is 4.79. The van der Waals surface area contributed by atoms with E-state index in [1.54, 1.807) is 30.0 Å². The van der Waals surface area contributed by atoms with Gasteiger partial charge in [-0.1, -0.05) is 65.0 Å². The number of aliphatic hydroxyl groups is 1. The Labute approximate surface area is 181 Å². The number of halogens is 1. The van der Waals surface area contributed by atoms with E-state index in [9.17, 15) is 14.3 Å². The fraction of sp³-hybridized carbons (Fsp3) is 0.583. The summed E-state index contributed by atoms with van der Waals surface area (Å²) in [7, 11) is 0. The molecule has 1 amide bonds. The maximum absolute atomic E-state index is 13.9. The summed E-state index contributed by atoms with van der Waals surface area (Å²) >= 11 is 5.52. The first kappa shape index (κ1) is 25.4. The van der Waals surface area contributed by atoms with Crippen molar-refractivity contribution in [3.63, 3.8) is 0 Å². The molecule has 3 atom stereocenters. The van der Waals surface area contributed by atoms with Crippen molar-refractivity contribution in [1.29, 1.82) is 0 Å². The van der Waals surface area contributed by atoms with Gasteiger partial charge in [0.1, 0.15) is 5.82 Å². The molecule has 1 rings (SSSR count). The molecule has 5 heteroatoms. The number of amides is 1. The zero-order valence-corrected chi connectivity index (χ0v) is 19.4. The minimum atomic E-state index is -0.778. The molecule has 1 N–H and O–H groups in total. The van der Waals surface area contributed by atoms with Gasteiger partial charge < -0.3 is 10.0 Å². The molecule has 162 valence electrons. The number of carbonyl (C=O) groups is 1. The first-order chi connectivity index (χ1) is 13.5. The summed E-state index contributed by atoms with van der Waals surface area (Å²) in [5.41, 5.74) is 0.370.